The number of nitrogens with zero attached hydrogens (tertiary/aromatic N) is 2. The number of hydrogen-bond acceptors (Lipinski definition) is 7. The molecule has 4 rings (SSSR count). The molecular weight excluding hydrogens is 473 g/mol. The van der Waals surface area contributed by atoms with Gasteiger partial charge < -0.3 is 19.3 Å². The molecule has 0 aliphatic carbocycles. The van der Waals surface area contributed by atoms with E-state index in [4.69, 9.17) is 9.47 Å². The van der Waals surface area contributed by atoms with Crippen LogP contribution in [0.2, 0.25) is 0 Å². The summed E-state index contributed by atoms with van der Waals surface area (Å²) in [5, 5.41) is 10.3. The number of thiazole rings is 1. The van der Waals surface area contributed by atoms with Crippen LogP contribution in [0, 0.1) is 0 Å². The molecule has 2 heterocycles. The topological polar surface area (TPSA) is 82.3 Å². The normalized spacial score (nSPS) is 12.5. The van der Waals surface area contributed by atoms with Crippen LogP contribution in [0.4, 0.5) is 13.2 Å². The van der Waals surface area contributed by atoms with Gasteiger partial charge in [0.05, 0.1) is 23.4 Å². The van der Waals surface area contributed by atoms with E-state index in [-0.39, 0.29) is 34.7 Å². The number of hydrogen-bond donors (Lipinski definition) is 1. The van der Waals surface area contributed by atoms with E-state index in [0.29, 0.717) is 26.3 Å². The van der Waals surface area contributed by atoms with Crippen molar-refractivity contribution in [3.8, 4) is 34.3 Å². The molecule has 4 aromatic rings. The second-order valence-electron chi connectivity index (χ2n) is 7.51. The maximum absolute atomic E-state index is 12.9. The number of benzene rings is 2. The van der Waals surface area contributed by atoms with Crippen LogP contribution in [-0.2, 0) is 0 Å². The van der Waals surface area contributed by atoms with Crippen LogP contribution in [0.15, 0.2) is 47.4 Å². The summed E-state index contributed by atoms with van der Waals surface area (Å²) in [5.41, 5.74) is 0.937. The Morgan fingerprint density at radius 2 is 1.91 bits per heavy atom. The van der Waals surface area contributed by atoms with Gasteiger partial charge in [-0.15, -0.1) is 13.2 Å². The van der Waals surface area contributed by atoms with Crippen LogP contribution < -0.4 is 24.3 Å². The molecule has 7 nitrogen and oxygen atoms in total. The molecule has 0 amide bonds. The third-order valence-corrected chi connectivity index (χ3v) is 5.59. The number of phenolic OH excluding ortho intramolecular Hbond substituents is 1. The summed E-state index contributed by atoms with van der Waals surface area (Å²) in [7, 11) is 1.41. The van der Waals surface area contributed by atoms with Crippen LogP contribution >= 0.6 is 11.3 Å². The lowest BCUT2D eigenvalue weighted by Crippen LogP contribution is -2.22. The van der Waals surface area contributed by atoms with Gasteiger partial charge in [-0.25, -0.2) is 4.98 Å². The van der Waals surface area contributed by atoms with Gasteiger partial charge in [0.25, 0.3) is 5.56 Å². The van der Waals surface area contributed by atoms with E-state index in [1.165, 1.54) is 35.9 Å². The molecular formula is C23H19F3N2O5S. The van der Waals surface area contributed by atoms with Gasteiger partial charge in [0, 0.05) is 11.8 Å². The first-order chi connectivity index (χ1) is 16.0. The standard InChI is InChI=1S/C23H19F3N2O5S/c1-12(2)32-18-8-13(7-17(31-3)20(18)29)9-19-21(30)28-11-16(27-22(28)34-19)14-5-4-6-15(10-14)33-23(24,25)26/h4-12,29H,1-3H3. The van der Waals surface area contributed by atoms with Crippen molar-refractivity contribution in [2.75, 3.05) is 7.11 Å². The van der Waals surface area contributed by atoms with Gasteiger partial charge >= 0.3 is 6.36 Å². The Morgan fingerprint density at radius 1 is 1.18 bits per heavy atom. The van der Waals surface area contributed by atoms with Gasteiger partial charge in [-0.1, -0.05) is 23.5 Å². The first-order valence-electron chi connectivity index (χ1n) is 10.0. The van der Waals surface area contributed by atoms with Gasteiger partial charge in [0.2, 0.25) is 5.75 Å². The first-order valence-corrected chi connectivity index (χ1v) is 10.8. The summed E-state index contributed by atoms with van der Waals surface area (Å²) >= 11 is 1.11. The number of aromatic nitrogens is 2. The van der Waals surface area contributed by atoms with E-state index in [0.717, 1.165) is 11.3 Å². The Bertz CT molecular complexity index is 1460. The van der Waals surface area contributed by atoms with Gasteiger partial charge in [0.1, 0.15) is 5.75 Å². The Balaban J connectivity index is 1.73. The number of rotatable bonds is 6. The van der Waals surface area contributed by atoms with Gasteiger partial charge in [-0.2, -0.15) is 0 Å². The van der Waals surface area contributed by atoms with Gasteiger partial charge in [-0.05, 0) is 49.8 Å². The van der Waals surface area contributed by atoms with E-state index in [1.807, 2.05) is 13.8 Å². The highest BCUT2D eigenvalue weighted by molar-refractivity contribution is 7.15. The van der Waals surface area contributed by atoms with Gasteiger partial charge in [0.15, 0.2) is 16.5 Å². The minimum absolute atomic E-state index is 0.141. The number of methoxy groups -OCH3 is 1. The Labute approximate surface area is 195 Å². The molecule has 1 N–H and O–H groups in total. The van der Waals surface area contributed by atoms with Crippen LogP contribution in [0.5, 0.6) is 23.0 Å². The lowest BCUT2D eigenvalue weighted by Gasteiger charge is -2.14. The zero-order valence-corrected chi connectivity index (χ0v) is 19.0. The average Bonchev–Trinajstić information content (AvgIpc) is 3.28. The Hall–Kier alpha value is -3.73. The van der Waals surface area contributed by atoms with Crippen LogP contribution in [0.1, 0.15) is 19.4 Å². The minimum Gasteiger partial charge on any atom is -0.502 e. The highest BCUT2D eigenvalue weighted by atomic mass is 32.1. The molecule has 2 aromatic heterocycles. The van der Waals surface area contributed by atoms with Crippen molar-refractivity contribution in [3.63, 3.8) is 0 Å². The number of ether oxygens (including phenoxy) is 3. The smallest absolute Gasteiger partial charge is 0.502 e. The predicted octanol–water partition coefficient (Wildman–Crippen LogP) is 4.37. The average molecular weight is 492 g/mol. The minimum atomic E-state index is -4.81. The number of aromatic hydroxyl groups is 1. The molecule has 0 saturated heterocycles. The number of phenols is 1. The molecule has 0 radical (unpaired) electrons. The second-order valence-corrected chi connectivity index (χ2v) is 8.52. The van der Waals surface area contributed by atoms with E-state index in [1.54, 1.807) is 24.3 Å². The van der Waals surface area contributed by atoms with E-state index in [2.05, 4.69) is 9.72 Å². The van der Waals surface area contributed by atoms with Crippen molar-refractivity contribution in [1.29, 1.82) is 0 Å². The summed E-state index contributed by atoms with van der Waals surface area (Å²) in [5.74, 6) is -0.101. The molecule has 0 unspecified atom stereocenters. The van der Waals surface area contributed by atoms with E-state index >= 15 is 0 Å². The van der Waals surface area contributed by atoms with Gasteiger partial charge in [-0.3, -0.25) is 9.20 Å². The molecule has 0 saturated carbocycles. The molecule has 178 valence electrons. The molecule has 2 aromatic carbocycles. The largest absolute Gasteiger partial charge is 0.573 e. The molecule has 0 fully saturated rings. The number of alkyl halides is 3. The molecule has 0 bridgehead atoms. The molecule has 11 heteroatoms. The first kappa shape index (κ1) is 23.4. The molecule has 0 aliphatic heterocycles. The quantitative estimate of drug-likeness (QED) is 0.431. The van der Waals surface area contributed by atoms with Crippen LogP contribution in [-0.4, -0.2) is 34.1 Å². The summed E-state index contributed by atoms with van der Waals surface area (Å²) in [6.07, 6.45) is -1.92. The highest BCUT2D eigenvalue weighted by Crippen LogP contribution is 2.38. The lowest BCUT2D eigenvalue weighted by atomic mass is 10.1. The van der Waals surface area contributed by atoms with E-state index in [9.17, 15) is 23.1 Å². The number of fused-ring (bicyclic) bond motifs is 1. The summed E-state index contributed by atoms with van der Waals surface area (Å²) in [4.78, 5) is 17.7. The Kier molecular flexibility index (Phi) is 6.13. The maximum Gasteiger partial charge on any atom is 0.573 e. The zero-order chi connectivity index (χ0) is 24.6. The zero-order valence-electron chi connectivity index (χ0n) is 18.2. The third kappa shape index (κ3) is 4.93. The SMILES string of the molecule is COc1cc(C=c2sc3nc(-c4cccc(OC(F)(F)F)c4)cn3c2=O)cc(OC(C)C)c1O. The predicted molar refractivity (Wildman–Crippen MR) is 121 cm³/mol. The fraction of sp³-hybridized carbons (Fsp3) is 0.217. The highest BCUT2D eigenvalue weighted by Gasteiger charge is 2.31. The summed E-state index contributed by atoms with van der Waals surface area (Å²) in [6.45, 7) is 3.63. The number of halogens is 3. The van der Waals surface area contributed by atoms with Crippen molar-refractivity contribution in [2.24, 2.45) is 0 Å². The molecule has 0 atom stereocenters. The second kappa shape index (κ2) is 8.90. The van der Waals surface area contributed by atoms with E-state index < -0.39 is 6.36 Å². The number of imidazole rings is 1. The summed E-state index contributed by atoms with van der Waals surface area (Å²) < 4.78 is 54.0. The van der Waals surface area contributed by atoms with Crippen LogP contribution in [0.3, 0.4) is 0 Å². The van der Waals surface area contributed by atoms with Crippen molar-refractivity contribution in [2.45, 2.75) is 26.3 Å². The maximum atomic E-state index is 12.9. The third-order valence-electron chi connectivity index (χ3n) is 4.61. The lowest BCUT2D eigenvalue weighted by molar-refractivity contribution is -0.274. The fourth-order valence-electron chi connectivity index (χ4n) is 3.26. The molecule has 0 spiro atoms. The van der Waals surface area contributed by atoms with Crippen molar-refractivity contribution in [3.05, 3.63) is 63.0 Å². The van der Waals surface area contributed by atoms with Crippen molar-refractivity contribution < 1.29 is 32.5 Å². The van der Waals surface area contributed by atoms with Crippen molar-refractivity contribution >= 4 is 22.4 Å². The Morgan fingerprint density at radius 3 is 2.56 bits per heavy atom. The van der Waals surface area contributed by atoms with Crippen LogP contribution in [0.25, 0.3) is 22.3 Å². The molecule has 34 heavy (non-hydrogen) atoms. The van der Waals surface area contributed by atoms with Crippen molar-refractivity contribution in [1.82, 2.24) is 9.38 Å². The monoisotopic (exact) mass is 492 g/mol. The fourth-order valence-corrected chi connectivity index (χ4v) is 4.22. The summed E-state index contributed by atoms with van der Waals surface area (Å²) in [6, 6.07) is 8.54. The molecule has 0 aliphatic rings.